The largest absolute Gasteiger partial charge is 0.0651 e. The van der Waals surface area contributed by atoms with Gasteiger partial charge in [-0.15, -0.1) is 0 Å². The van der Waals surface area contributed by atoms with Crippen LogP contribution in [0.5, 0.6) is 0 Å². The van der Waals surface area contributed by atoms with Crippen molar-refractivity contribution in [2.24, 2.45) is 23.2 Å². The highest BCUT2D eigenvalue weighted by atomic mass is 14.4. The van der Waals surface area contributed by atoms with Gasteiger partial charge in [0.05, 0.1) is 0 Å². The van der Waals surface area contributed by atoms with Crippen molar-refractivity contribution < 1.29 is 0 Å². The second kappa shape index (κ2) is 4.02. The van der Waals surface area contributed by atoms with E-state index in [1.54, 1.807) is 0 Å². The molecule has 0 aromatic heterocycles. The molecule has 3 atom stereocenters. The van der Waals surface area contributed by atoms with Crippen LogP contribution in [0.1, 0.15) is 60.3 Å². The van der Waals surface area contributed by atoms with Gasteiger partial charge in [0.1, 0.15) is 0 Å². The molecule has 3 unspecified atom stereocenters. The summed E-state index contributed by atoms with van der Waals surface area (Å²) in [5.41, 5.74) is 0.601. The molecule has 1 rings (SSSR count). The summed E-state index contributed by atoms with van der Waals surface area (Å²) in [6.45, 7) is 12.1. The molecule has 0 aromatic carbocycles. The van der Waals surface area contributed by atoms with Gasteiger partial charge in [-0.05, 0) is 42.4 Å². The molecular formula is C13H26. The Kier molecular flexibility index (Phi) is 3.43. The molecule has 1 fully saturated rings. The van der Waals surface area contributed by atoms with Crippen molar-refractivity contribution in [2.75, 3.05) is 0 Å². The van der Waals surface area contributed by atoms with Crippen molar-refractivity contribution >= 4 is 0 Å². The lowest BCUT2D eigenvalue weighted by atomic mass is 9.64. The minimum Gasteiger partial charge on any atom is -0.0651 e. The minimum atomic E-state index is 0.601. The molecule has 0 amide bonds. The average Bonchev–Trinajstić information content (AvgIpc) is 2.08. The van der Waals surface area contributed by atoms with Crippen LogP contribution < -0.4 is 0 Å². The zero-order valence-corrected chi connectivity index (χ0v) is 10.1. The molecule has 0 N–H and O–H groups in total. The molecule has 0 spiro atoms. The van der Waals surface area contributed by atoms with Crippen LogP contribution in [0.3, 0.4) is 0 Å². The summed E-state index contributed by atoms with van der Waals surface area (Å²) in [4.78, 5) is 0. The van der Waals surface area contributed by atoms with Crippen LogP contribution in [0, 0.1) is 23.2 Å². The standard InChI is InChI=1S/C13H26/c1-6-10(2)12-7-8-13(4,5)11(3)9-12/h10-12H,6-9H2,1-5H3. The minimum absolute atomic E-state index is 0.601. The Bertz CT molecular complexity index is 157. The summed E-state index contributed by atoms with van der Waals surface area (Å²) in [5, 5.41) is 0. The van der Waals surface area contributed by atoms with Crippen LogP contribution in [-0.2, 0) is 0 Å². The third kappa shape index (κ3) is 2.48. The Morgan fingerprint density at radius 1 is 1.38 bits per heavy atom. The highest BCUT2D eigenvalue weighted by molar-refractivity contribution is 4.85. The molecular weight excluding hydrogens is 156 g/mol. The molecule has 13 heavy (non-hydrogen) atoms. The smallest absolute Gasteiger partial charge is 0.0328 e. The van der Waals surface area contributed by atoms with Gasteiger partial charge >= 0.3 is 0 Å². The summed E-state index contributed by atoms with van der Waals surface area (Å²) in [5.74, 6) is 2.87. The van der Waals surface area contributed by atoms with E-state index in [2.05, 4.69) is 34.6 Å². The summed E-state index contributed by atoms with van der Waals surface area (Å²) >= 11 is 0. The zero-order chi connectivity index (χ0) is 10.1. The van der Waals surface area contributed by atoms with Gasteiger partial charge in [0.25, 0.3) is 0 Å². The van der Waals surface area contributed by atoms with Crippen LogP contribution >= 0.6 is 0 Å². The van der Waals surface area contributed by atoms with Gasteiger partial charge in [-0.3, -0.25) is 0 Å². The fourth-order valence-corrected chi connectivity index (χ4v) is 2.54. The van der Waals surface area contributed by atoms with E-state index in [1.807, 2.05) is 0 Å². The van der Waals surface area contributed by atoms with E-state index in [0.29, 0.717) is 5.41 Å². The predicted molar refractivity (Wildman–Crippen MR) is 59.7 cm³/mol. The van der Waals surface area contributed by atoms with E-state index in [4.69, 9.17) is 0 Å². The van der Waals surface area contributed by atoms with Crippen molar-refractivity contribution in [2.45, 2.75) is 60.3 Å². The van der Waals surface area contributed by atoms with Crippen molar-refractivity contribution in [3.05, 3.63) is 0 Å². The Morgan fingerprint density at radius 2 is 2.00 bits per heavy atom. The molecule has 1 aliphatic carbocycles. The third-order valence-corrected chi connectivity index (χ3v) is 4.60. The van der Waals surface area contributed by atoms with Gasteiger partial charge in [0.2, 0.25) is 0 Å². The molecule has 0 radical (unpaired) electrons. The summed E-state index contributed by atoms with van der Waals surface area (Å²) in [6, 6.07) is 0. The predicted octanol–water partition coefficient (Wildman–Crippen LogP) is 4.49. The maximum atomic E-state index is 2.44. The lowest BCUT2D eigenvalue weighted by Crippen LogP contribution is -2.32. The van der Waals surface area contributed by atoms with E-state index in [0.717, 1.165) is 17.8 Å². The topological polar surface area (TPSA) is 0 Å². The summed E-state index contributed by atoms with van der Waals surface area (Å²) in [6.07, 6.45) is 5.72. The first kappa shape index (κ1) is 11.1. The Morgan fingerprint density at radius 3 is 2.46 bits per heavy atom. The van der Waals surface area contributed by atoms with Gasteiger partial charge < -0.3 is 0 Å². The van der Waals surface area contributed by atoms with E-state index in [-0.39, 0.29) is 0 Å². The fraction of sp³-hybridized carbons (Fsp3) is 1.00. The zero-order valence-electron chi connectivity index (χ0n) is 10.1. The van der Waals surface area contributed by atoms with Crippen molar-refractivity contribution in [3.8, 4) is 0 Å². The van der Waals surface area contributed by atoms with Crippen LogP contribution in [0.4, 0.5) is 0 Å². The van der Waals surface area contributed by atoms with E-state index in [9.17, 15) is 0 Å². The fourth-order valence-electron chi connectivity index (χ4n) is 2.54. The highest BCUT2D eigenvalue weighted by Gasteiger charge is 2.34. The molecule has 0 heterocycles. The van der Waals surface area contributed by atoms with Crippen molar-refractivity contribution in [3.63, 3.8) is 0 Å². The second-order valence-corrected chi connectivity index (χ2v) is 5.81. The molecule has 0 aliphatic heterocycles. The van der Waals surface area contributed by atoms with Crippen LogP contribution in [0.25, 0.3) is 0 Å². The Balaban J connectivity index is 2.51. The molecule has 0 bridgehead atoms. The van der Waals surface area contributed by atoms with Crippen LogP contribution in [0.15, 0.2) is 0 Å². The van der Waals surface area contributed by atoms with E-state index in [1.165, 1.54) is 25.7 Å². The monoisotopic (exact) mass is 182 g/mol. The number of rotatable bonds is 2. The second-order valence-electron chi connectivity index (χ2n) is 5.81. The SMILES string of the molecule is CCC(C)C1CCC(C)(C)C(C)C1. The van der Waals surface area contributed by atoms with Gasteiger partial charge in [-0.25, -0.2) is 0 Å². The average molecular weight is 182 g/mol. The van der Waals surface area contributed by atoms with E-state index >= 15 is 0 Å². The third-order valence-electron chi connectivity index (χ3n) is 4.60. The van der Waals surface area contributed by atoms with Crippen LogP contribution in [0.2, 0.25) is 0 Å². The van der Waals surface area contributed by atoms with Gasteiger partial charge in [0.15, 0.2) is 0 Å². The first-order chi connectivity index (χ1) is 5.97. The maximum absolute atomic E-state index is 2.44. The Labute approximate surface area is 84.1 Å². The summed E-state index contributed by atoms with van der Waals surface area (Å²) < 4.78 is 0. The molecule has 78 valence electrons. The quantitative estimate of drug-likeness (QED) is 0.590. The normalized spacial score (nSPS) is 35.8. The summed E-state index contributed by atoms with van der Waals surface area (Å²) in [7, 11) is 0. The molecule has 0 saturated heterocycles. The Hall–Kier alpha value is 0. The highest BCUT2D eigenvalue weighted by Crippen LogP contribution is 2.45. The van der Waals surface area contributed by atoms with Crippen LogP contribution in [-0.4, -0.2) is 0 Å². The van der Waals surface area contributed by atoms with Gasteiger partial charge in [0, 0.05) is 0 Å². The number of hydrogen-bond acceptors (Lipinski definition) is 0. The van der Waals surface area contributed by atoms with E-state index < -0.39 is 0 Å². The molecule has 1 aliphatic rings. The van der Waals surface area contributed by atoms with Crippen molar-refractivity contribution in [1.82, 2.24) is 0 Å². The van der Waals surface area contributed by atoms with Gasteiger partial charge in [-0.1, -0.05) is 41.0 Å². The first-order valence-corrected chi connectivity index (χ1v) is 5.97. The molecule has 1 saturated carbocycles. The number of hydrogen-bond donors (Lipinski definition) is 0. The molecule has 0 heteroatoms. The lowest BCUT2D eigenvalue weighted by molar-refractivity contribution is 0.0863. The molecule has 0 aromatic rings. The first-order valence-electron chi connectivity index (χ1n) is 5.97. The van der Waals surface area contributed by atoms with Crippen molar-refractivity contribution in [1.29, 1.82) is 0 Å². The maximum Gasteiger partial charge on any atom is -0.0328 e. The molecule has 0 nitrogen and oxygen atoms in total. The van der Waals surface area contributed by atoms with Gasteiger partial charge in [-0.2, -0.15) is 0 Å². The lowest BCUT2D eigenvalue weighted by Gasteiger charge is -2.42.